The van der Waals surface area contributed by atoms with Gasteiger partial charge < -0.3 is 5.32 Å². The van der Waals surface area contributed by atoms with Crippen LogP contribution in [0.4, 0.5) is 29.1 Å². The molecule has 0 aliphatic heterocycles. The van der Waals surface area contributed by atoms with Gasteiger partial charge in [-0.2, -0.15) is 9.37 Å². The van der Waals surface area contributed by atoms with E-state index in [1.54, 1.807) is 0 Å². The lowest BCUT2D eigenvalue weighted by Gasteiger charge is -2.08. The molecule has 2 nitrogen and oxygen atoms in total. The van der Waals surface area contributed by atoms with Gasteiger partial charge in [0.05, 0.1) is 0 Å². The van der Waals surface area contributed by atoms with Gasteiger partial charge in [-0.3, -0.25) is 0 Å². The molecular weight excluding hydrogens is 248 g/mol. The highest BCUT2D eigenvalue weighted by Crippen LogP contribution is 2.21. The van der Waals surface area contributed by atoms with Crippen LogP contribution in [0.3, 0.4) is 0 Å². The molecule has 0 unspecified atom stereocenters. The van der Waals surface area contributed by atoms with Crippen LogP contribution < -0.4 is 5.32 Å². The molecule has 6 heteroatoms. The van der Waals surface area contributed by atoms with Crippen molar-refractivity contribution in [2.45, 2.75) is 6.92 Å². The van der Waals surface area contributed by atoms with Gasteiger partial charge in [0.2, 0.25) is 0 Å². The molecule has 0 atom stereocenters. The molecule has 1 aromatic carbocycles. The van der Waals surface area contributed by atoms with Crippen LogP contribution in [-0.4, -0.2) is 4.98 Å². The fourth-order valence-electron chi connectivity index (χ4n) is 1.39. The number of hydrogen-bond acceptors (Lipinski definition) is 2. The molecule has 1 aromatic heterocycles. The number of nitrogens with zero attached hydrogens (tertiary/aromatic N) is 1. The van der Waals surface area contributed by atoms with Gasteiger partial charge in [-0.05, 0) is 30.7 Å². The van der Waals surface area contributed by atoms with Crippen LogP contribution in [0.5, 0.6) is 0 Å². The Morgan fingerprint density at radius 1 is 0.944 bits per heavy atom. The third-order valence-corrected chi connectivity index (χ3v) is 2.31. The highest BCUT2D eigenvalue weighted by Gasteiger charge is 2.12. The second kappa shape index (κ2) is 4.64. The van der Waals surface area contributed by atoms with Crippen LogP contribution in [0, 0.1) is 30.3 Å². The van der Waals surface area contributed by atoms with E-state index in [-0.39, 0.29) is 0 Å². The van der Waals surface area contributed by atoms with Crippen molar-refractivity contribution in [3.8, 4) is 0 Å². The Balaban J connectivity index is 2.34. The highest BCUT2D eigenvalue weighted by atomic mass is 19.2. The van der Waals surface area contributed by atoms with E-state index in [0.717, 1.165) is 0 Å². The summed E-state index contributed by atoms with van der Waals surface area (Å²) in [6, 6.07) is 4.30. The van der Waals surface area contributed by atoms with Gasteiger partial charge in [0.1, 0.15) is 5.82 Å². The standard InChI is InChI=1S/C12H8F4N2/c1-6-4-7(2-3-8(6)13)17-12-10(15)5-9(14)11(16)18-12/h2-5H,1H3,(H,17,18). The molecule has 2 rings (SSSR count). The fraction of sp³-hybridized carbons (Fsp3) is 0.0833. The first-order valence-electron chi connectivity index (χ1n) is 5.02. The van der Waals surface area contributed by atoms with Crippen LogP contribution >= 0.6 is 0 Å². The molecule has 0 spiro atoms. The average molecular weight is 256 g/mol. The van der Waals surface area contributed by atoms with Crippen molar-refractivity contribution in [1.82, 2.24) is 4.98 Å². The Bertz CT molecular complexity index is 599. The van der Waals surface area contributed by atoms with Crippen molar-refractivity contribution in [3.05, 3.63) is 53.2 Å². The SMILES string of the molecule is Cc1cc(Nc2nc(F)c(F)cc2F)ccc1F. The van der Waals surface area contributed by atoms with Crippen molar-refractivity contribution in [3.63, 3.8) is 0 Å². The Morgan fingerprint density at radius 2 is 1.67 bits per heavy atom. The van der Waals surface area contributed by atoms with Crippen LogP contribution in [0.25, 0.3) is 0 Å². The van der Waals surface area contributed by atoms with E-state index in [9.17, 15) is 17.6 Å². The number of rotatable bonds is 2. The monoisotopic (exact) mass is 256 g/mol. The minimum absolute atomic E-state index is 0.325. The summed E-state index contributed by atoms with van der Waals surface area (Å²) in [5, 5.41) is 2.45. The van der Waals surface area contributed by atoms with Gasteiger partial charge in [-0.1, -0.05) is 0 Å². The molecule has 0 radical (unpaired) electrons. The number of pyridine rings is 1. The normalized spacial score (nSPS) is 10.5. The summed E-state index contributed by atoms with van der Waals surface area (Å²) in [5.41, 5.74) is 0.661. The largest absolute Gasteiger partial charge is 0.338 e. The predicted octanol–water partition coefficient (Wildman–Crippen LogP) is 3.69. The molecule has 94 valence electrons. The molecule has 0 amide bonds. The maximum absolute atomic E-state index is 13.3. The number of halogens is 4. The summed E-state index contributed by atoms with van der Waals surface area (Å²) in [6.07, 6.45) is 0. The number of hydrogen-bond donors (Lipinski definition) is 1. The van der Waals surface area contributed by atoms with Crippen molar-refractivity contribution in [2.24, 2.45) is 0 Å². The number of aryl methyl sites for hydroxylation is 1. The van der Waals surface area contributed by atoms with Gasteiger partial charge in [0.15, 0.2) is 17.5 Å². The number of anilines is 2. The summed E-state index contributed by atoms with van der Waals surface area (Å²) in [6.45, 7) is 1.52. The molecule has 0 saturated heterocycles. The van der Waals surface area contributed by atoms with Crippen LogP contribution in [0.1, 0.15) is 5.56 Å². The van der Waals surface area contributed by atoms with Gasteiger partial charge in [-0.25, -0.2) is 13.2 Å². The molecule has 0 aliphatic rings. The number of nitrogens with one attached hydrogen (secondary N) is 1. The Labute approximate surface area is 100 Å². The maximum atomic E-state index is 13.3. The molecule has 0 fully saturated rings. The molecular formula is C12H8F4N2. The zero-order valence-electron chi connectivity index (χ0n) is 9.27. The van der Waals surface area contributed by atoms with Gasteiger partial charge in [0, 0.05) is 11.8 Å². The summed E-state index contributed by atoms with van der Waals surface area (Å²) in [7, 11) is 0. The quantitative estimate of drug-likeness (QED) is 0.654. The van der Waals surface area contributed by atoms with Crippen molar-refractivity contribution >= 4 is 11.5 Å². The van der Waals surface area contributed by atoms with Crippen LogP contribution in [0.15, 0.2) is 24.3 Å². The third kappa shape index (κ3) is 2.42. The number of aromatic nitrogens is 1. The smallest absolute Gasteiger partial charge is 0.251 e. The molecule has 18 heavy (non-hydrogen) atoms. The summed E-state index contributed by atoms with van der Waals surface area (Å²) in [5.74, 6) is -4.68. The first-order chi connectivity index (χ1) is 8.47. The molecule has 0 saturated carbocycles. The Kier molecular flexibility index (Phi) is 3.18. The zero-order chi connectivity index (χ0) is 13.3. The van der Waals surface area contributed by atoms with E-state index in [1.807, 2.05) is 0 Å². The first-order valence-corrected chi connectivity index (χ1v) is 5.02. The third-order valence-electron chi connectivity index (χ3n) is 2.31. The summed E-state index contributed by atoms with van der Waals surface area (Å²) < 4.78 is 51.8. The maximum Gasteiger partial charge on any atom is 0.251 e. The number of benzene rings is 1. The van der Waals surface area contributed by atoms with Gasteiger partial charge >= 0.3 is 0 Å². The Morgan fingerprint density at radius 3 is 2.33 bits per heavy atom. The average Bonchev–Trinajstić information content (AvgIpc) is 2.31. The minimum atomic E-state index is -1.40. The minimum Gasteiger partial charge on any atom is -0.338 e. The van der Waals surface area contributed by atoms with Crippen LogP contribution in [0.2, 0.25) is 0 Å². The lowest BCUT2D eigenvalue weighted by Crippen LogP contribution is -2.02. The van der Waals surface area contributed by atoms with Gasteiger partial charge in [0.25, 0.3) is 5.95 Å². The van der Waals surface area contributed by atoms with Crippen LogP contribution in [-0.2, 0) is 0 Å². The van der Waals surface area contributed by atoms with E-state index in [2.05, 4.69) is 10.3 Å². The molecule has 1 N–H and O–H groups in total. The lowest BCUT2D eigenvalue weighted by atomic mass is 10.2. The Hall–Kier alpha value is -2.11. The van der Waals surface area contributed by atoms with E-state index >= 15 is 0 Å². The molecule has 0 aliphatic carbocycles. The van der Waals surface area contributed by atoms with Crippen molar-refractivity contribution < 1.29 is 17.6 Å². The lowest BCUT2D eigenvalue weighted by molar-refractivity contribution is 0.467. The van der Waals surface area contributed by atoms with E-state index in [1.165, 1.54) is 25.1 Å². The molecule has 1 heterocycles. The summed E-state index contributed by atoms with van der Waals surface area (Å²) >= 11 is 0. The second-order valence-corrected chi connectivity index (χ2v) is 3.68. The first kappa shape index (κ1) is 12.3. The summed E-state index contributed by atoms with van der Waals surface area (Å²) in [4.78, 5) is 3.10. The van der Waals surface area contributed by atoms with Crippen molar-refractivity contribution in [1.29, 1.82) is 0 Å². The van der Waals surface area contributed by atoms with E-state index in [0.29, 0.717) is 17.3 Å². The van der Waals surface area contributed by atoms with Gasteiger partial charge in [-0.15, -0.1) is 0 Å². The van der Waals surface area contributed by atoms with Crippen molar-refractivity contribution in [2.75, 3.05) is 5.32 Å². The predicted molar refractivity (Wildman–Crippen MR) is 58.5 cm³/mol. The fourth-order valence-corrected chi connectivity index (χ4v) is 1.39. The zero-order valence-corrected chi connectivity index (χ0v) is 9.27. The highest BCUT2D eigenvalue weighted by molar-refractivity contribution is 5.57. The van der Waals surface area contributed by atoms with E-state index < -0.39 is 29.2 Å². The second-order valence-electron chi connectivity index (χ2n) is 3.68. The molecule has 2 aromatic rings. The topological polar surface area (TPSA) is 24.9 Å². The molecule has 0 bridgehead atoms. The van der Waals surface area contributed by atoms with E-state index in [4.69, 9.17) is 0 Å².